The van der Waals surface area contributed by atoms with Gasteiger partial charge in [-0.1, -0.05) is 22.0 Å². The summed E-state index contributed by atoms with van der Waals surface area (Å²) in [5.74, 6) is 0.0592. The Morgan fingerprint density at radius 2 is 2.09 bits per heavy atom. The predicted octanol–water partition coefficient (Wildman–Crippen LogP) is 2.98. The van der Waals surface area contributed by atoms with E-state index in [-0.39, 0.29) is 0 Å². The third-order valence-electron chi connectivity index (χ3n) is 3.17. The topological polar surface area (TPSA) is 66.2 Å². The number of carbonyl (C=O) groups is 1. The summed E-state index contributed by atoms with van der Waals surface area (Å²) in [7, 11) is 2.87. The molecule has 22 heavy (non-hydrogen) atoms. The van der Waals surface area contributed by atoms with Gasteiger partial charge < -0.3 is 9.47 Å². The van der Waals surface area contributed by atoms with Crippen LogP contribution in [0.3, 0.4) is 0 Å². The Labute approximate surface area is 134 Å². The molecule has 2 aromatic heterocycles. The first-order chi connectivity index (χ1) is 10.6. The number of methoxy groups -OCH3 is 2. The van der Waals surface area contributed by atoms with Gasteiger partial charge in [-0.3, -0.25) is 0 Å². The summed E-state index contributed by atoms with van der Waals surface area (Å²) in [6, 6.07) is 9.18. The van der Waals surface area contributed by atoms with Crippen LogP contribution in [0.2, 0.25) is 0 Å². The maximum absolute atomic E-state index is 12.2. The van der Waals surface area contributed by atoms with Crippen molar-refractivity contribution in [3.8, 4) is 11.4 Å². The molecule has 0 amide bonds. The van der Waals surface area contributed by atoms with E-state index in [4.69, 9.17) is 9.47 Å². The number of halogens is 1. The summed E-state index contributed by atoms with van der Waals surface area (Å²) in [5, 5.41) is 4.97. The number of pyridine rings is 1. The molecule has 6 nitrogen and oxygen atoms in total. The summed E-state index contributed by atoms with van der Waals surface area (Å²) < 4.78 is 12.5. The predicted molar refractivity (Wildman–Crippen MR) is 84.5 cm³/mol. The first kappa shape index (κ1) is 14.5. The number of ether oxygens (including phenoxy) is 2. The van der Waals surface area contributed by atoms with E-state index in [9.17, 15) is 4.79 Å². The van der Waals surface area contributed by atoms with Crippen molar-refractivity contribution in [1.82, 2.24) is 14.8 Å². The number of nitrogens with zero attached hydrogens (tertiary/aromatic N) is 3. The van der Waals surface area contributed by atoms with Gasteiger partial charge in [0.1, 0.15) is 5.75 Å². The first-order valence-electron chi connectivity index (χ1n) is 6.41. The molecule has 0 saturated heterocycles. The van der Waals surface area contributed by atoms with Crippen molar-refractivity contribution < 1.29 is 14.3 Å². The van der Waals surface area contributed by atoms with E-state index in [2.05, 4.69) is 26.0 Å². The van der Waals surface area contributed by atoms with Crippen LogP contribution < -0.4 is 4.74 Å². The van der Waals surface area contributed by atoms with Gasteiger partial charge in [-0.2, -0.15) is 0 Å². The fraction of sp³-hybridized carbons (Fsp3) is 0.133. The van der Waals surface area contributed by atoms with Crippen LogP contribution in [0, 0.1) is 0 Å². The maximum Gasteiger partial charge on any atom is 0.357 e. The number of rotatable bonds is 3. The summed E-state index contributed by atoms with van der Waals surface area (Å²) in [6.07, 6.45) is 1.56. The van der Waals surface area contributed by atoms with E-state index in [1.807, 2.05) is 24.3 Å². The second-order valence-corrected chi connectivity index (χ2v) is 5.39. The van der Waals surface area contributed by atoms with Crippen LogP contribution >= 0.6 is 15.9 Å². The second kappa shape index (κ2) is 5.76. The Morgan fingerprint density at radius 1 is 1.27 bits per heavy atom. The van der Waals surface area contributed by atoms with Crippen LogP contribution in [0.4, 0.5) is 0 Å². The highest BCUT2D eigenvalue weighted by Crippen LogP contribution is 2.25. The lowest BCUT2D eigenvalue weighted by Crippen LogP contribution is -2.10. The Bertz CT molecular complexity index is 860. The van der Waals surface area contributed by atoms with Crippen LogP contribution in [-0.2, 0) is 4.74 Å². The molecule has 0 atom stereocenters. The quantitative estimate of drug-likeness (QED) is 0.671. The molecular weight excluding hydrogens is 350 g/mol. The third kappa shape index (κ3) is 2.43. The van der Waals surface area contributed by atoms with Crippen molar-refractivity contribution in [1.29, 1.82) is 0 Å². The molecule has 0 bridgehead atoms. The minimum absolute atomic E-state index is 0.307. The molecule has 0 spiro atoms. The van der Waals surface area contributed by atoms with E-state index in [0.29, 0.717) is 22.5 Å². The van der Waals surface area contributed by atoms with Crippen molar-refractivity contribution in [2.75, 3.05) is 14.2 Å². The number of aromatic nitrogens is 3. The van der Waals surface area contributed by atoms with Gasteiger partial charge in [-0.15, -0.1) is 5.10 Å². The summed E-state index contributed by atoms with van der Waals surface area (Å²) in [4.78, 5) is 16.4. The summed E-state index contributed by atoms with van der Waals surface area (Å²) >= 11 is 3.41. The van der Waals surface area contributed by atoms with Crippen LogP contribution in [-0.4, -0.2) is 35.0 Å². The smallest absolute Gasteiger partial charge is 0.357 e. The number of hydrogen-bond acceptors (Lipinski definition) is 5. The minimum atomic E-state index is -0.488. The number of hydrogen-bond donors (Lipinski definition) is 0. The molecule has 3 aromatic rings. The van der Waals surface area contributed by atoms with Crippen LogP contribution in [0.1, 0.15) is 10.5 Å². The van der Waals surface area contributed by atoms with Crippen molar-refractivity contribution in [2.45, 2.75) is 0 Å². The molecule has 0 radical (unpaired) electrons. The van der Waals surface area contributed by atoms with E-state index in [1.165, 1.54) is 11.8 Å². The molecule has 0 aliphatic rings. The molecule has 7 heteroatoms. The van der Waals surface area contributed by atoms with Gasteiger partial charge in [0, 0.05) is 4.47 Å². The molecule has 0 saturated carbocycles. The minimum Gasteiger partial charge on any atom is -0.495 e. The van der Waals surface area contributed by atoms with Gasteiger partial charge in [0.25, 0.3) is 0 Å². The first-order valence-corrected chi connectivity index (χ1v) is 7.20. The SMILES string of the molecule is COC(=O)c1c2cc(OC)cnc2nn1-c1cccc(Br)c1. The normalized spacial score (nSPS) is 10.7. The van der Waals surface area contributed by atoms with Crippen molar-refractivity contribution in [3.63, 3.8) is 0 Å². The average Bonchev–Trinajstić information content (AvgIpc) is 2.92. The summed E-state index contributed by atoms with van der Waals surface area (Å²) in [6.45, 7) is 0. The molecule has 1 aromatic carbocycles. The van der Waals surface area contributed by atoms with Gasteiger partial charge >= 0.3 is 5.97 Å². The molecule has 3 rings (SSSR count). The van der Waals surface area contributed by atoms with Gasteiger partial charge in [0.05, 0.1) is 31.5 Å². The lowest BCUT2D eigenvalue weighted by atomic mass is 10.2. The zero-order valence-corrected chi connectivity index (χ0v) is 13.5. The van der Waals surface area contributed by atoms with Crippen molar-refractivity contribution in [2.24, 2.45) is 0 Å². The molecule has 0 unspecified atom stereocenters. The highest BCUT2D eigenvalue weighted by atomic mass is 79.9. The molecule has 0 N–H and O–H groups in total. The maximum atomic E-state index is 12.2. The molecule has 2 heterocycles. The number of carbonyl (C=O) groups excluding carboxylic acids is 1. The highest BCUT2D eigenvalue weighted by molar-refractivity contribution is 9.10. The Morgan fingerprint density at radius 3 is 2.77 bits per heavy atom. The van der Waals surface area contributed by atoms with Gasteiger partial charge in [0.15, 0.2) is 11.3 Å². The number of fused-ring (bicyclic) bond motifs is 1. The van der Waals surface area contributed by atoms with E-state index in [0.717, 1.165) is 10.2 Å². The lowest BCUT2D eigenvalue weighted by Gasteiger charge is -2.06. The Balaban J connectivity index is 2.31. The fourth-order valence-electron chi connectivity index (χ4n) is 2.15. The molecule has 0 aliphatic heterocycles. The lowest BCUT2D eigenvalue weighted by molar-refractivity contribution is 0.0592. The van der Waals surface area contributed by atoms with Crippen molar-refractivity contribution in [3.05, 3.63) is 46.7 Å². The Hall–Kier alpha value is -2.41. The number of benzene rings is 1. The van der Waals surface area contributed by atoms with Crippen LogP contribution in [0.15, 0.2) is 41.0 Å². The van der Waals surface area contributed by atoms with Crippen LogP contribution in [0.25, 0.3) is 16.7 Å². The zero-order valence-electron chi connectivity index (χ0n) is 11.9. The fourth-order valence-corrected chi connectivity index (χ4v) is 2.54. The monoisotopic (exact) mass is 361 g/mol. The van der Waals surface area contributed by atoms with Gasteiger partial charge in [-0.25, -0.2) is 14.5 Å². The van der Waals surface area contributed by atoms with Crippen LogP contribution in [0.5, 0.6) is 5.75 Å². The second-order valence-electron chi connectivity index (χ2n) is 4.48. The number of esters is 1. The zero-order chi connectivity index (χ0) is 15.7. The largest absolute Gasteiger partial charge is 0.495 e. The average molecular weight is 362 g/mol. The van der Waals surface area contributed by atoms with Gasteiger partial charge in [-0.05, 0) is 24.3 Å². The van der Waals surface area contributed by atoms with E-state index < -0.39 is 5.97 Å². The highest BCUT2D eigenvalue weighted by Gasteiger charge is 2.21. The molecule has 112 valence electrons. The standard InChI is InChI=1S/C15H12BrN3O3/c1-21-11-7-12-13(15(20)22-2)19(18-14(12)17-8-11)10-5-3-4-9(16)6-10/h3-8H,1-2H3. The molecule has 0 aliphatic carbocycles. The Kier molecular flexibility index (Phi) is 3.81. The van der Waals surface area contributed by atoms with E-state index in [1.54, 1.807) is 19.4 Å². The third-order valence-corrected chi connectivity index (χ3v) is 3.66. The molecule has 0 fully saturated rings. The van der Waals surface area contributed by atoms with Gasteiger partial charge in [0.2, 0.25) is 0 Å². The van der Waals surface area contributed by atoms with Crippen molar-refractivity contribution >= 4 is 32.9 Å². The summed E-state index contributed by atoms with van der Waals surface area (Å²) in [5.41, 5.74) is 1.48. The van der Waals surface area contributed by atoms with E-state index >= 15 is 0 Å². The molecular formula is C15H12BrN3O3.